The Kier molecular flexibility index (Phi) is 8.67. The first-order chi connectivity index (χ1) is 10.1. The number of thiophene rings is 1. The van der Waals surface area contributed by atoms with E-state index >= 15 is 0 Å². The molecule has 0 amide bonds. The summed E-state index contributed by atoms with van der Waals surface area (Å²) >= 11 is 1.68. The van der Waals surface area contributed by atoms with Crippen molar-refractivity contribution in [2.24, 2.45) is 0 Å². The summed E-state index contributed by atoms with van der Waals surface area (Å²) in [6.45, 7) is 2.13. The van der Waals surface area contributed by atoms with Crippen molar-refractivity contribution < 1.29 is 14.7 Å². The Hall–Kier alpha value is -1.42. The molecule has 3 nitrogen and oxygen atoms in total. The van der Waals surface area contributed by atoms with Gasteiger partial charge in [0.05, 0.1) is 0 Å². The van der Waals surface area contributed by atoms with Crippen LogP contribution in [0.4, 0.5) is 0 Å². The number of carboxylic acid groups (broad SMARTS) is 1. The van der Waals surface area contributed by atoms with Gasteiger partial charge in [0.15, 0.2) is 5.78 Å². The molecule has 0 aliphatic carbocycles. The van der Waals surface area contributed by atoms with Gasteiger partial charge >= 0.3 is 5.97 Å². The SMILES string of the molecule is CCCCCC(=O)/C=C/c1ccc(CCCCC(=O)O)s1. The van der Waals surface area contributed by atoms with Gasteiger partial charge in [-0.3, -0.25) is 9.59 Å². The van der Waals surface area contributed by atoms with E-state index in [2.05, 4.69) is 13.0 Å². The number of unbranched alkanes of at least 4 members (excludes halogenated alkanes) is 3. The molecule has 0 bridgehead atoms. The lowest BCUT2D eigenvalue weighted by Gasteiger charge is -1.95. The zero-order valence-corrected chi connectivity index (χ0v) is 13.5. The van der Waals surface area contributed by atoms with Gasteiger partial charge in [0.1, 0.15) is 0 Å². The van der Waals surface area contributed by atoms with Crippen molar-refractivity contribution in [3.8, 4) is 0 Å². The molecule has 1 aromatic rings. The number of rotatable bonds is 11. The van der Waals surface area contributed by atoms with Crippen molar-refractivity contribution in [2.45, 2.75) is 58.3 Å². The molecule has 0 atom stereocenters. The summed E-state index contributed by atoms with van der Waals surface area (Å²) in [4.78, 5) is 24.4. The molecule has 1 rings (SSSR count). The summed E-state index contributed by atoms with van der Waals surface area (Å²) in [5, 5.41) is 8.58. The maximum absolute atomic E-state index is 11.6. The van der Waals surface area contributed by atoms with E-state index < -0.39 is 5.97 Å². The van der Waals surface area contributed by atoms with Crippen LogP contribution < -0.4 is 0 Å². The van der Waals surface area contributed by atoms with E-state index in [1.54, 1.807) is 17.4 Å². The molecule has 0 fully saturated rings. The van der Waals surface area contributed by atoms with Crippen LogP contribution in [0.2, 0.25) is 0 Å². The molecular weight excluding hydrogens is 284 g/mol. The second-order valence-electron chi connectivity index (χ2n) is 5.16. The lowest BCUT2D eigenvalue weighted by Crippen LogP contribution is -1.94. The van der Waals surface area contributed by atoms with Crippen LogP contribution in [-0.4, -0.2) is 16.9 Å². The smallest absolute Gasteiger partial charge is 0.303 e. The fourth-order valence-electron chi connectivity index (χ4n) is 2.00. The van der Waals surface area contributed by atoms with Gasteiger partial charge in [-0.1, -0.05) is 19.8 Å². The first kappa shape index (κ1) is 17.6. The monoisotopic (exact) mass is 308 g/mol. The maximum atomic E-state index is 11.6. The first-order valence-corrected chi connectivity index (χ1v) is 8.45. The van der Waals surface area contributed by atoms with Crippen LogP contribution in [0.5, 0.6) is 0 Å². The summed E-state index contributed by atoms with van der Waals surface area (Å²) in [5.41, 5.74) is 0. The van der Waals surface area contributed by atoms with E-state index in [-0.39, 0.29) is 12.2 Å². The van der Waals surface area contributed by atoms with Gasteiger partial charge in [0.2, 0.25) is 0 Å². The molecular formula is C17H24O3S. The summed E-state index contributed by atoms with van der Waals surface area (Å²) in [5.74, 6) is -0.536. The molecule has 0 saturated carbocycles. The highest BCUT2D eigenvalue weighted by molar-refractivity contribution is 7.12. The number of ketones is 1. The highest BCUT2D eigenvalue weighted by Crippen LogP contribution is 2.20. The number of allylic oxidation sites excluding steroid dienone is 1. The summed E-state index contributed by atoms with van der Waals surface area (Å²) in [6.07, 6.45) is 10.2. The first-order valence-electron chi connectivity index (χ1n) is 7.63. The summed E-state index contributed by atoms with van der Waals surface area (Å²) in [6, 6.07) is 4.08. The Morgan fingerprint density at radius 2 is 1.90 bits per heavy atom. The van der Waals surface area contributed by atoms with Gasteiger partial charge < -0.3 is 5.11 Å². The third-order valence-corrected chi connectivity index (χ3v) is 4.32. The van der Waals surface area contributed by atoms with Crippen LogP contribution >= 0.6 is 11.3 Å². The number of carbonyl (C=O) groups is 2. The molecule has 1 N–H and O–H groups in total. The van der Waals surface area contributed by atoms with Crippen LogP contribution in [0.3, 0.4) is 0 Å². The average Bonchev–Trinajstić information content (AvgIpc) is 2.89. The molecule has 1 heterocycles. The van der Waals surface area contributed by atoms with Crippen LogP contribution in [0, 0.1) is 0 Å². The Morgan fingerprint density at radius 3 is 2.62 bits per heavy atom. The summed E-state index contributed by atoms with van der Waals surface area (Å²) < 4.78 is 0. The largest absolute Gasteiger partial charge is 0.481 e. The van der Waals surface area contributed by atoms with E-state index in [0.717, 1.165) is 37.0 Å². The van der Waals surface area contributed by atoms with Crippen molar-refractivity contribution in [1.82, 2.24) is 0 Å². The van der Waals surface area contributed by atoms with Crippen LogP contribution in [0.1, 0.15) is 61.6 Å². The van der Waals surface area contributed by atoms with Gasteiger partial charge in [-0.2, -0.15) is 0 Å². The third-order valence-electron chi connectivity index (χ3n) is 3.21. The number of hydrogen-bond acceptors (Lipinski definition) is 3. The molecule has 0 saturated heterocycles. The van der Waals surface area contributed by atoms with Gasteiger partial charge in [0, 0.05) is 22.6 Å². The highest BCUT2D eigenvalue weighted by Gasteiger charge is 2.01. The van der Waals surface area contributed by atoms with E-state index in [1.165, 1.54) is 4.88 Å². The van der Waals surface area contributed by atoms with E-state index in [1.807, 2.05) is 12.1 Å². The van der Waals surface area contributed by atoms with E-state index in [4.69, 9.17) is 5.11 Å². The predicted octanol–water partition coefficient (Wildman–Crippen LogP) is 4.71. The van der Waals surface area contributed by atoms with Crippen molar-refractivity contribution >= 4 is 29.2 Å². The molecule has 0 unspecified atom stereocenters. The Labute approximate surface area is 130 Å². The average molecular weight is 308 g/mol. The molecule has 0 radical (unpaired) electrons. The Morgan fingerprint density at radius 1 is 1.14 bits per heavy atom. The zero-order valence-electron chi connectivity index (χ0n) is 12.6. The van der Waals surface area contributed by atoms with Gasteiger partial charge in [-0.15, -0.1) is 11.3 Å². The maximum Gasteiger partial charge on any atom is 0.303 e. The van der Waals surface area contributed by atoms with Crippen molar-refractivity contribution in [3.05, 3.63) is 28.0 Å². The standard InChI is InChI=1S/C17H24O3S/c1-2-3-4-7-14(18)10-11-16-13-12-15(21-16)8-5-6-9-17(19)20/h10-13H,2-9H2,1H3,(H,19,20)/b11-10+. The molecule has 1 aromatic heterocycles. The lowest BCUT2D eigenvalue weighted by atomic mass is 10.1. The minimum atomic E-state index is -0.730. The van der Waals surface area contributed by atoms with Gasteiger partial charge in [0.25, 0.3) is 0 Å². The molecule has 0 spiro atoms. The van der Waals surface area contributed by atoms with Crippen molar-refractivity contribution in [2.75, 3.05) is 0 Å². The summed E-state index contributed by atoms with van der Waals surface area (Å²) in [7, 11) is 0. The minimum absolute atomic E-state index is 0.194. The fraction of sp³-hybridized carbons (Fsp3) is 0.529. The highest BCUT2D eigenvalue weighted by atomic mass is 32.1. The van der Waals surface area contributed by atoms with Gasteiger partial charge in [-0.25, -0.2) is 0 Å². The number of aryl methyl sites for hydroxylation is 1. The van der Waals surface area contributed by atoms with Crippen molar-refractivity contribution in [1.29, 1.82) is 0 Å². The fourth-order valence-corrected chi connectivity index (χ4v) is 2.96. The number of carbonyl (C=O) groups excluding carboxylic acids is 1. The number of carboxylic acids is 1. The zero-order chi connectivity index (χ0) is 15.5. The minimum Gasteiger partial charge on any atom is -0.481 e. The topological polar surface area (TPSA) is 54.4 Å². The van der Waals surface area contributed by atoms with Crippen LogP contribution in [0.15, 0.2) is 18.2 Å². The van der Waals surface area contributed by atoms with Crippen LogP contribution in [0.25, 0.3) is 6.08 Å². The predicted molar refractivity (Wildman–Crippen MR) is 87.7 cm³/mol. The van der Waals surface area contributed by atoms with Crippen LogP contribution in [-0.2, 0) is 16.0 Å². The second kappa shape index (κ2) is 10.3. The Balaban J connectivity index is 2.30. The molecule has 0 aliphatic heterocycles. The Bertz CT molecular complexity index is 474. The molecule has 21 heavy (non-hydrogen) atoms. The lowest BCUT2D eigenvalue weighted by molar-refractivity contribution is -0.137. The molecule has 0 aromatic carbocycles. The number of hydrogen-bond donors (Lipinski definition) is 1. The third kappa shape index (κ3) is 8.45. The molecule has 116 valence electrons. The number of aliphatic carboxylic acids is 1. The van der Waals surface area contributed by atoms with E-state index in [0.29, 0.717) is 12.8 Å². The molecule has 4 heteroatoms. The van der Waals surface area contributed by atoms with Gasteiger partial charge in [-0.05, 0) is 50.0 Å². The molecule has 0 aliphatic rings. The quantitative estimate of drug-likeness (QED) is 0.476. The second-order valence-corrected chi connectivity index (χ2v) is 6.36. The normalized spacial score (nSPS) is 11.1. The van der Waals surface area contributed by atoms with E-state index in [9.17, 15) is 9.59 Å². The van der Waals surface area contributed by atoms with Crippen molar-refractivity contribution in [3.63, 3.8) is 0 Å².